The van der Waals surface area contributed by atoms with Gasteiger partial charge in [-0.15, -0.1) is 0 Å². The molecule has 0 atom stereocenters. The Morgan fingerprint density at radius 1 is 1.03 bits per heavy atom. The van der Waals surface area contributed by atoms with Gasteiger partial charge in [-0.25, -0.2) is 8.42 Å². The van der Waals surface area contributed by atoms with Crippen LogP contribution < -0.4 is 5.32 Å². The van der Waals surface area contributed by atoms with Crippen LogP contribution >= 0.6 is 0 Å². The highest BCUT2D eigenvalue weighted by Gasteiger charge is 2.36. The van der Waals surface area contributed by atoms with Crippen molar-refractivity contribution in [3.8, 4) is 0 Å². The molecule has 2 aliphatic heterocycles. The second-order valence-corrected chi connectivity index (χ2v) is 11.9. The van der Waals surface area contributed by atoms with Gasteiger partial charge in [0.05, 0.1) is 11.4 Å². The van der Waals surface area contributed by atoms with Gasteiger partial charge in [0.2, 0.25) is 21.8 Å². The van der Waals surface area contributed by atoms with Gasteiger partial charge in [-0.2, -0.15) is 9.40 Å². The monoisotopic (exact) mass is 467 g/mol. The number of likely N-dealkylation sites (tertiary alicyclic amines) is 1. The molecule has 180 valence electrons. The molecule has 2 fully saturated rings. The lowest BCUT2D eigenvalue weighted by atomic mass is 9.95. The number of hydrogen-bond donors (Lipinski definition) is 1. The van der Waals surface area contributed by atoms with Crippen LogP contribution in [0.3, 0.4) is 0 Å². The van der Waals surface area contributed by atoms with Crippen molar-refractivity contribution in [2.24, 2.45) is 5.92 Å². The Kier molecular flexibility index (Phi) is 7.34. The van der Waals surface area contributed by atoms with Gasteiger partial charge in [-0.3, -0.25) is 14.3 Å². The van der Waals surface area contributed by atoms with E-state index in [9.17, 15) is 18.0 Å². The molecule has 2 aliphatic rings. The molecule has 10 heteroatoms. The van der Waals surface area contributed by atoms with Crippen LogP contribution in [0.1, 0.15) is 64.3 Å². The summed E-state index contributed by atoms with van der Waals surface area (Å²) < 4.78 is 29.7. The van der Waals surface area contributed by atoms with Crippen LogP contribution in [-0.2, 0) is 26.2 Å². The van der Waals surface area contributed by atoms with Crippen LogP contribution in [0.4, 0.5) is 0 Å². The number of aromatic nitrogens is 2. The zero-order valence-corrected chi connectivity index (χ0v) is 20.8. The normalized spacial score (nSPS) is 19.2. The molecule has 1 aromatic rings. The maximum absolute atomic E-state index is 13.4. The van der Waals surface area contributed by atoms with Crippen LogP contribution in [0, 0.1) is 19.8 Å². The smallest absolute Gasteiger partial charge is 0.246 e. The summed E-state index contributed by atoms with van der Waals surface area (Å²) in [6.45, 7) is 11.3. The summed E-state index contributed by atoms with van der Waals surface area (Å²) in [7, 11) is -3.75. The van der Waals surface area contributed by atoms with Gasteiger partial charge >= 0.3 is 0 Å². The molecule has 9 nitrogen and oxygen atoms in total. The Labute approximate surface area is 191 Å². The van der Waals surface area contributed by atoms with Gasteiger partial charge in [0, 0.05) is 37.6 Å². The molecule has 32 heavy (non-hydrogen) atoms. The number of nitrogens with one attached hydrogen (secondary N) is 1. The summed E-state index contributed by atoms with van der Waals surface area (Å²) in [5.74, 6) is -0.151. The standard InChI is InChI=1S/C22H37N5O4S/c1-16-20(17(2)27(24-16)15-19(28)23-22(3,4)5)32(30,31)26-13-9-18(10-14-26)21(29)25-11-7-6-8-12-25/h18H,6-15H2,1-5H3,(H,23,28). The third-order valence-electron chi connectivity index (χ3n) is 6.19. The van der Waals surface area contributed by atoms with Crippen molar-refractivity contribution >= 4 is 21.8 Å². The number of amides is 2. The van der Waals surface area contributed by atoms with E-state index in [1.165, 1.54) is 15.4 Å². The van der Waals surface area contributed by atoms with Crippen molar-refractivity contribution in [2.75, 3.05) is 26.2 Å². The fraction of sp³-hybridized carbons (Fsp3) is 0.773. The first-order chi connectivity index (χ1) is 14.9. The van der Waals surface area contributed by atoms with Gasteiger partial charge in [-0.05, 0) is 66.7 Å². The summed E-state index contributed by atoms with van der Waals surface area (Å²) in [4.78, 5) is 27.2. The number of carbonyl (C=O) groups excluding carboxylic acids is 2. The average Bonchev–Trinajstić information content (AvgIpc) is 3.00. The average molecular weight is 468 g/mol. The molecule has 3 rings (SSSR count). The maximum atomic E-state index is 13.4. The van der Waals surface area contributed by atoms with Crippen molar-refractivity contribution in [3.05, 3.63) is 11.4 Å². The molecule has 1 aromatic heterocycles. The molecular formula is C22H37N5O4S. The SMILES string of the molecule is Cc1nn(CC(=O)NC(C)(C)C)c(C)c1S(=O)(=O)N1CCC(C(=O)N2CCCCC2)CC1. The first-order valence-electron chi connectivity index (χ1n) is 11.5. The molecule has 0 spiro atoms. The first-order valence-corrected chi connectivity index (χ1v) is 13.0. The van der Waals surface area contributed by atoms with Crippen molar-refractivity contribution in [1.82, 2.24) is 24.3 Å². The van der Waals surface area contributed by atoms with E-state index < -0.39 is 10.0 Å². The molecule has 3 heterocycles. The number of hydrogen-bond acceptors (Lipinski definition) is 5. The lowest BCUT2D eigenvalue weighted by Crippen LogP contribution is -2.45. The topological polar surface area (TPSA) is 105 Å². The summed E-state index contributed by atoms with van der Waals surface area (Å²) in [5.41, 5.74) is 0.466. The van der Waals surface area contributed by atoms with Crippen LogP contribution in [0.15, 0.2) is 4.90 Å². The van der Waals surface area contributed by atoms with Crippen LogP contribution in [-0.4, -0.2) is 70.9 Å². The van der Waals surface area contributed by atoms with E-state index in [2.05, 4.69) is 10.4 Å². The minimum Gasteiger partial charge on any atom is -0.350 e. The second-order valence-electron chi connectivity index (χ2n) is 10.0. The van der Waals surface area contributed by atoms with E-state index in [1.54, 1.807) is 13.8 Å². The maximum Gasteiger partial charge on any atom is 0.246 e. The van der Waals surface area contributed by atoms with Crippen LogP contribution in [0.25, 0.3) is 0 Å². The number of nitrogens with zero attached hydrogens (tertiary/aromatic N) is 4. The highest BCUT2D eigenvalue weighted by atomic mass is 32.2. The highest BCUT2D eigenvalue weighted by molar-refractivity contribution is 7.89. The minimum absolute atomic E-state index is 0.0358. The molecule has 0 saturated carbocycles. The van der Waals surface area contributed by atoms with Crippen molar-refractivity contribution < 1.29 is 18.0 Å². The second kappa shape index (κ2) is 9.51. The minimum atomic E-state index is -3.75. The predicted molar refractivity (Wildman–Crippen MR) is 122 cm³/mol. The Morgan fingerprint density at radius 2 is 1.62 bits per heavy atom. The Bertz CT molecular complexity index is 950. The van der Waals surface area contributed by atoms with Crippen LogP contribution in [0.2, 0.25) is 0 Å². The van der Waals surface area contributed by atoms with Gasteiger partial charge in [0.15, 0.2) is 0 Å². The third kappa shape index (κ3) is 5.51. The lowest BCUT2D eigenvalue weighted by Gasteiger charge is -2.35. The number of piperidine rings is 2. The molecule has 0 bridgehead atoms. The number of sulfonamides is 1. The van der Waals surface area contributed by atoms with Crippen molar-refractivity contribution in [2.45, 2.75) is 83.7 Å². The Morgan fingerprint density at radius 3 is 2.19 bits per heavy atom. The zero-order valence-electron chi connectivity index (χ0n) is 20.0. The summed E-state index contributed by atoms with van der Waals surface area (Å²) in [5, 5.41) is 7.21. The zero-order chi connectivity index (χ0) is 23.7. The Hall–Kier alpha value is -1.94. The molecular weight excluding hydrogens is 430 g/mol. The van der Waals surface area contributed by atoms with Crippen molar-refractivity contribution in [1.29, 1.82) is 0 Å². The largest absolute Gasteiger partial charge is 0.350 e. The molecule has 1 N–H and O–H groups in total. The fourth-order valence-electron chi connectivity index (χ4n) is 4.65. The number of aryl methyl sites for hydroxylation is 1. The number of carbonyl (C=O) groups is 2. The highest BCUT2D eigenvalue weighted by Crippen LogP contribution is 2.29. The van der Waals surface area contributed by atoms with E-state index in [4.69, 9.17) is 0 Å². The first kappa shape index (κ1) is 24.7. The van der Waals surface area contributed by atoms with Gasteiger partial charge in [-0.1, -0.05) is 0 Å². The van der Waals surface area contributed by atoms with Gasteiger partial charge in [0.25, 0.3) is 0 Å². The lowest BCUT2D eigenvalue weighted by molar-refractivity contribution is -0.137. The summed E-state index contributed by atoms with van der Waals surface area (Å²) >= 11 is 0. The predicted octanol–water partition coefficient (Wildman–Crippen LogP) is 1.83. The van der Waals surface area contributed by atoms with E-state index in [-0.39, 0.29) is 34.7 Å². The Balaban J connectivity index is 1.68. The van der Waals surface area contributed by atoms with Gasteiger partial charge in [0.1, 0.15) is 11.4 Å². The van der Waals surface area contributed by atoms with Crippen LogP contribution in [0.5, 0.6) is 0 Å². The molecule has 2 amide bonds. The summed E-state index contributed by atoms with van der Waals surface area (Å²) in [6.07, 6.45) is 4.35. The van der Waals surface area contributed by atoms with Gasteiger partial charge < -0.3 is 10.2 Å². The van der Waals surface area contributed by atoms with E-state index in [0.717, 1.165) is 25.9 Å². The van der Waals surface area contributed by atoms with E-state index >= 15 is 0 Å². The molecule has 0 aliphatic carbocycles. The fourth-order valence-corrected chi connectivity index (χ4v) is 6.49. The molecule has 2 saturated heterocycles. The third-order valence-corrected chi connectivity index (χ3v) is 8.34. The number of rotatable bonds is 5. The summed E-state index contributed by atoms with van der Waals surface area (Å²) in [6, 6.07) is 0. The van der Waals surface area contributed by atoms with Crippen molar-refractivity contribution in [3.63, 3.8) is 0 Å². The van der Waals surface area contributed by atoms with E-state index in [1.807, 2.05) is 25.7 Å². The molecule has 0 unspecified atom stereocenters. The molecule has 0 radical (unpaired) electrons. The van der Waals surface area contributed by atoms with E-state index in [0.29, 0.717) is 37.3 Å². The quantitative estimate of drug-likeness (QED) is 0.711. The molecule has 0 aromatic carbocycles.